The van der Waals surface area contributed by atoms with Gasteiger partial charge in [0.15, 0.2) is 0 Å². The van der Waals surface area contributed by atoms with E-state index in [1.165, 1.54) is 0 Å². The second kappa shape index (κ2) is 10.0. The number of fused-ring (bicyclic) bond motifs is 1. The predicted molar refractivity (Wildman–Crippen MR) is 119 cm³/mol. The Hall–Kier alpha value is -2.66. The summed E-state index contributed by atoms with van der Waals surface area (Å²) in [6, 6.07) is 2.02. The van der Waals surface area contributed by atoms with Crippen molar-refractivity contribution >= 4 is 22.2 Å². The quantitative estimate of drug-likeness (QED) is 0.671. The van der Waals surface area contributed by atoms with Crippen LogP contribution in [-0.4, -0.2) is 27.2 Å². The zero-order valence-electron chi connectivity index (χ0n) is 17.6. The lowest BCUT2D eigenvalue weighted by atomic mass is 9.95. The van der Waals surface area contributed by atoms with Gasteiger partial charge in [-0.2, -0.15) is 0 Å². The number of hydrogen-bond donors (Lipinski definition) is 3. The second-order valence-corrected chi connectivity index (χ2v) is 6.52. The number of aromatic nitrogens is 2. The summed E-state index contributed by atoms with van der Waals surface area (Å²) < 4.78 is 0. The van der Waals surface area contributed by atoms with Crippen molar-refractivity contribution in [3.8, 4) is 0 Å². The van der Waals surface area contributed by atoms with Gasteiger partial charge in [-0.25, -0.2) is 4.98 Å². The molecule has 0 spiro atoms. The molecule has 1 aliphatic heterocycles. The van der Waals surface area contributed by atoms with Crippen LogP contribution in [0.4, 0.5) is 5.82 Å². The molecule has 3 rings (SSSR count). The minimum Gasteiger partial charge on any atom is -0.391 e. The van der Waals surface area contributed by atoms with Crippen LogP contribution in [0.1, 0.15) is 52.3 Å². The van der Waals surface area contributed by atoms with Crippen LogP contribution < -0.4 is 10.6 Å². The number of dihydropyridines is 1. The standard InChI is InChI=1S/C21H26N4O.C2H6/c1-5-15-17-12-23-18(9-14(17)10-25-21(15)22-7-3)16-11-24-19(8-13(16)4)20(26)6-2;1-2/h7-12,19-20,24,26H,3,5-6H2,1-2,4H3,(H,22,25);1-2H3. The van der Waals surface area contributed by atoms with E-state index in [-0.39, 0.29) is 12.1 Å². The molecule has 0 bridgehead atoms. The number of aliphatic hydroxyl groups excluding tert-OH is 1. The maximum Gasteiger partial charge on any atom is 0.133 e. The van der Waals surface area contributed by atoms with Crippen molar-refractivity contribution in [2.45, 2.75) is 59.6 Å². The first-order chi connectivity index (χ1) is 13.6. The third-order valence-electron chi connectivity index (χ3n) is 4.86. The van der Waals surface area contributed by atoms with E-state index < -0.39 is 0 Å². The highest BCUT2D eigenvalue weighted by Crippen LogP contribution is 2.29. The largest absolute Gasteiger partial charge is 0.391 e. The molecule has 2 aromatic rings. The minimum absolute atomic E-state index is 0.0508. The van der Waals surface area contributed by atoms with E-state index >= 15 is 0 Å². The first-order valence-electron chi connectivity index (χ1n) is 10.1. The van der Waals surface area contributed by atoms with Gasteiger partial charge in [0.05, 0.1) is 17.8 Å². The molecule has 1 aliphatic rings. The molecule has 0 aromatic carbocycles. The molecule has 5 heteroatoms. The lowest BCUT2D eigenvalue weighted by molar-refractivity contribution is 0.146. The summed E-state index contributed by atoms with van der Waals surface area (Å²) >= 11 is 0. The maximum atomic E-state index is 10.1. The number of allylic oxidation sites excluding steroid dienone is 2. The van der Waals surface area contributed by atoms with Crippen LogP contribution in [0.2, 0.25) is 0 Å². The van der Waals surface area contributed by atoms with Crippen molar-refractivity contribution in [3.63, 3.8) is 0 Å². The maximum absolute atomic E-state index is 10.1. The molecule has 0 fully saturated rings. The second-order valence-electron chi connectivity index (χ2n) is 6.52. The molecule has 3 heterocycles. The summed E-state index contributed by atoms with van der Waals surface area (Å²) in [5.41, 5.74) is 4.19. The van der Waals surface area contributed by atoms with Gasteiger partial charge in [0.1, 0.15) is 5.82 Å². The molecular weight excluding hydrogens is 348 g/mol. The third kappa shape index (κ3) is 4.42. The van der Waals surface area contributed by atoms with Crippen molar-refractivity contribution in [2.75, 3.05) is 5.32 Å². The topological polar surface area (TPSA) is 70.1 Å². The lowest BCUT2D eigenvalue weighted by Gasteiger charge is -2.25. The number of anilines is 1. The zero-order valence-corrected chi connectivity index (χ0v) is 17.6. The van der Waals surface area contributed by atoms with E-state index in [2.05, 4.69) is 53.2 Å². The molecular formula is C23H32N4O. The number of aliphatic hydroxyl groups is 1. The number of nitrogens with zero attached hydrogens (tertiary/aromatic N) is 2. The summed E-state index contributed by atoms with van der Waals surface area (Å²) in [7, 11) is 0. The summed E-state index contributed by atoms with van der Waals surface area (Å²) in [6.07, 6.45) is 10.6. The van der Waals surface area contributed by atoms with Gasteiger partial charge in [-0.05, 0) is 37.6 Å². The molecule has 3 N–H and O–H groups in total. The van der Waals surface area contributed by atoms with Crippen LogP contribution in [0, 0.1) is 0 Å². The minimum atomic E-state index is -0.389. The summed E-state index contributed by atoms with van der Waals surface area (Å²) in [4.78, 5) is 9.21. The number of hydrogen-bond acceptors (Lipinski definition) is 5. The molecule has 2 unspecified atom stereocenters. The number of nitrogens with one attached hydrogen (secondary N) is 2. The monoisotopic (exact) mass is 380 g/mol. The summed E-state index contributed by atoms with van der Waals surface area (Å²) in [5, 5.41) is 18.6. The van der Waals surface area contributed by atoms with Crippen LogP contribution in [0.5, 0.6) is 0 Å². The van der Waals surface area contributed by atoms with Gasteiger partial charge in [0, 0.05) is 40.5 Å². The molecule has 0 amide bonds. The van der Waals surface area contributed by atoms with Crippen molar-refractivity contribution in [1.29, 1.82) is 0 Å². The molecule has 2 aromatic heterocycles. The Kier molecular flexibility index (Phi) is 7.76. The normalized spacial score (nSPS) is 16.9. The van der Waals surface area contributed by atoms with E-state index in [1.54, 1.807) is 6.20 Å². The number of pyridine rings is 2. The highest BCUT2D eigenvalue weighted by molar-refractivity contribution is 5.91. The van der Waals surface area contributed by atoms with Gasteiger partial charge in [-0.1, -0.05) is 40.3 Å². The fourth-order valence-corrected chi connectivity index (χ4v) is 3.35. The first kappa shape index (κ1) is 21.6. The Bertz CT molecular complexity index is 886. The molecule has 28 heavy (non-hydrogen) atoms. The Labute approximate surface area is 168 Å². The van der Waals surface area contributed by atoms with Gasteiger partial charge in [0.2, 0.25) is 0 Å². The smallest absolute Gasteiger partial charge is 0.133 e. The molecule has 0 saturated carbocycles. The van der Waals surface area contributed by atoms with Gasteiger partial charge < -0.3 is 15.7 Å². The van der Waals surface area contributed by atoms with Gasteiger partial charge in [0.25, 0.3) is 0 Å². The van der Waals surface area contributed by atoms with Crippen LogP contribution in [-0.2, 0) is 6.42 Å². The van der Waals surface area contributed by atoms with Crippen LogP contribution in [0.3, 0.4) is 0 Å². The highest BCUT2D eigenvalue weighted by Gasteiger charge is 2.20. The fourth-order valence-electron chi connectivity index (χ4n) is 3.35. The Balaban J connectivity index is 0.00000136. The van der Waals surface area contributed by atoms with Gasteiger partial charge in [-0.3, -0.25) is 4.98 Å². The van der Waals surface area contributed by atoms with E-state index in [9.17, 15) is 5.11 Å². The third-order valence-corrected chi connectivity index (χ3v) is 4.86. The Morgan fingerprint density at radius 2 is 2.04 bits per heavy atom. The van der Waals surface area contributed by atoms with Crippen LogP contribution in [0.15, 0.2) is 49.1 Å². The average Bonchev–Trinajstić information content (AvgIpc) is 2.74. The van der Waals surface area contributed by atoms with E-state index in [1.807, 2.05) is 39.4 Å². The van der Waals surface area contributed by atoms with Crippen molar-refractivity contribution in [3.05, 3.63) is 60.3 Å². The molecule has 0 saturated heterocycles. The molecule has 5 nitrogen and oxygen atoms in total. The number of rotatable bonds is 6. The van der Waals surface area contributed by atoms with Crippen molar-refractivity contribution < 1.29 is 5.11 Å². The van der Waals surface area contributed by atoms with Crippen LogP contribution >= 0.6 is 0 Å². The molecule has 150 valence electrons. The molecule has 2 atom stereocenters. The average molecular weight is 381 g/mol. The molecule has 0 aliphatic carbocycles. The lowest BCUT2D eigenvalue weighted by Crippen LogP contribution is -2.37. The fraction of sp³-hybridized carbons (Fsp3) is 0.391. The van der Waals surface area contributed by atoms with Crippen LogP contribution in [0.25, 0.3) is 16.3 Å². The van der Waals surface area contributed by atoms with E-state index in [0.717, 1.165) is 45.4 Å². The Morgan fingerprint density at radius 1 is 1.29 bits per heavy atom. The Morgan fingerprint density at radius 3 is 2.64 bits per heavy atom. The van der Waals surface area contributed by atoms with E-state index in [0.29, 0.717) is 6.42 Å². The zero-order chi connectivity index (χ0) is 20.7. The van der Waals surface area contributed by atoms with Crippen molar-refractivity contribution in [2.24, 2.45) is 0 Å². The van der Waals surface area contributed by atoms with Crippen molar-refractivity contribution in [1.82, 2.24) is 15.3 Å². The predicted octanol–water partition coefficient (Wildman–Crippen LogP) is 4.80. The van der Waals surface area contributed by atoms with Gasteiger partial charge in [-0.15, -0.1) is 0 Å². The van der Waals surface area contributed by atoms with Gasteiger partial charge >= 0.3 is 0 Å². The summed E-state index contributed by atoms with van der Waals surface area (Å²) in [5.74, 6) is 0.829. The highest BCUT2D eigenvalue weighted by atomic mass is 16.3. The summed E-state index contributed by atoms with van der Waals surface area (Å²) in [6.45, 7) is 13.9. The SMILES string of the molecule is C=CNc1ncc2cc(C3=CNC(C(O)CC)C=C3C)ncc2c1CC.CC. The number of aryl methyl sites for hydroxylation is 1. The van der Waals surface area contributed by atoms with E-state index in [4.69, 9.17) is 0 Å². The first-order valence-corrected chi connectivity index (χ1v) is 10.1. The molecule has 0 radical (unpaired) electrons.